The zero-order valence-corrected chi connectivity index (χ0v) is 13.3. The Hall–Kier alpha value is -0.380. The van der Waals surface area contributed by atoms with Crippen LogP contribution >= 0.6 is 15.9 Å². The van der Waals surface area contributed by atoms with Gasteiger partial charge in [0.15, 0.2) is 0 Å². The summed E-state index contributed by atoms with van der Waals surface area (Å²) in [6.07, 6.45) is 6.16. The van der Waals surface area contributed by atoms with Gasteiger partial charge < -0.3 is 10.1 Å². The smallest absolute Gasteiger partial charge is 0.0810 e. The van der Waals surface area contributed by atoms with Crippen molar-refractivity contribution in [2.45, 2.75) is 51.2 Å². The second-order valence-corrected chi connectivity index (χ2v) is 6.40. The molecule has 1 N–H and O–H groups in total. The van der Waals surface area contributed by atoms with Crippen LogP contribution in [0.5, 0.6) is 0 Å². The quantitative estimate of drug-likeness (QED) is 0.755. The first-order valence-corrected chi connectivity index (χ1v) is 8.12. The van der Waals surface area contributed by atoms with E-state index in [1.165, 1.54) is 37.7 Å². The first-order chi connectivity index (χ1) is 9.24. The molecular formula is C16H24BrNO. The Balaban J connectivity index is 1.89. The maximum Gasteiger partial charge on any atom is 0.0810 e. The Kier molecular flexibility index (Phi) is 5.86. The molecule has 1 aromatic rings. The van der Waals surface area contributed by atoms with Gasteiger partial charge in [0.2, 0.25) is 0 Å². The normalized spacial score (nSPS) is 17.8. The van der Waals surface area contributed by atoms with Crippen molar-refractivity contribution in [1.82, 2.24) is 5.32 Å². The number of hydrogen-bond acceptors (Lipinski definition) is 2. The maximum absolute atomic E-state index is 6.29. The molecule has 0 aliphatic heterocycles. The summed E-state index contributed by atoms with van der Waals surface area (Å²) in [5, 5.41) is 3.53. The third kappa shape index (κ3) is 4.59. The van der Waals surface area contributed by atoms with E-state index in [2.05, 4.69) is 52.4 Å². The van der Waals surface area contributed by atoms with E-state index in [1.807, 2.05) is 0 Å². The first-order valence-electron chi connectivity index (χ1n) is 7.33. The molecule has 0 radical (unpaired) electrons. The number of ether oxygens (including phenoxy) is 1. The van der Waals surface area contributed by atoms with Crippen LogP contribution in [0.3, 0.4) is 0 Å². The molecule has 1 aliphatic carbocycles. The summed E-state index contributed by atoms with van der Waals surface area (Å²) < 4.78 is 7.42. The average molecular weight is 326 g/mol. The van der Waals surface area contributed by atoms with Crippen LogP contribution in [0, 0.1) is 0 Å². The molecule has 0 aromatic heterocycles. The van der Waals surface area contributed by atoms with E-state index in [4.69, 9.17) is 4.74 Å². The second-order valence-electron chi connectivity index (χ2n) is 5.49. The predicted molar refractivity (Wildman–Crippen MR) is 83.3 cm³/mol. The highest BCUT2D eigenvalue weighted by molar-refractivity contribution is 9.10. The van der Waals surface area contributed by atoms with E-state index >= 15 is 0 Å². The van der Waals surface area contributed by atoms with Crippen molar-refractivity contribution in [2.24, 2.45) is 0 Å². The van der Waals surface area contributed by atoms with E-state index in [1.54, 1.807) is 0 Å². The molecule has 3 heteroatoms. The summed E-state index contributed by atoms with van der Waals surface area (Å²) in [7, 11) is 0. The molecule has 2 nitrogen and oxygen atoms in total. The molecule has 0 heterocycles. The zero-order valence-electron chi connectivity index (χ0n) is 11.8. The van der Waals surface area contributed by atoms with Gasteiger partial charge in [-0.25, -0.2) is 0 Å². The van der Waals surface area contributed by atoms with Gasteiger partial charge in [0.05, 0.1) is 12.2 Å². The third-order valence-electron chi connectivity index (χ3n) is 3.82. The van der Waals surface area contributed by atoms with Crippen molar-refractivity contribution in [3.05, 3.63) is 34.3 Å². The summed E-state index contributed by atoms with van der Waals surface area (Å²) in [4.78, 5) is 0. The molecule has 0 saturated heterocycles. The van der Waals surface area contributed by atoms with Crippen LogP contribution in [0.25, 0.3) is 0 Å². The van der Waals surface area contributed by atoms with E-state index in [-0.39, 0.29) is 5.60 Å². The minimum atomic E-state index is 0.0670. The van der Waals surface area contributed by atoms with Gasteiger partial charge in [-0.2, -0.15) is 0 Å². The lowest BCUT2D eigenvalue weighted by atomic mass is 10.0. The Labute approximate surface area is 125 Å². The third-order valence-corrected chi connectivity index (χ3v) is 4.32. The molecule has 0 bridgehead atoms. The molecule has 0 atom stereocenters. The topological polar surface area (TPSA) is 21.3 Å². The van der Waals surface area contributed by atoms with Crippen molar-refractivity contribution in [3.8, 4) is 0 Å². The number of hydrogen-bond donors (Lipinski definition) is 1. The Morgan fingerprint density at radius 3 is 2.79 bits per heavy atom. The van der Waals surface area contributed by atoms with Crippen LogP contribution in [-0.2, 0) is 11.3 Å². The molecule has 0 spiro atoms. The van der Waals surface area contributed by atoms with Crippen molar-refractivity contribution in [1.29, 1.82) is 0 Å². The van der Waals surface area contributed by atoms with E-state index < -0.39 is 0 Å². The zero-order chi connectivity index (χ0) is 13.6. The number of halogens is 1. The summed E-state index contributed by atoms with van der Waals surface area (Å²) in [6, 6.07) is 8.39. The van der Waals surface area contributed by atoms with E-state index in [9.17, 15) is 0 Å². The van der Waals surface area contributed by atoms with Gasteiger partial charge in [0.25, 0.3) is 0 Å². The standard InChI is InChI=1S/C16H24BrNO/c1-2-10-18-13-16(8-3-4-9-16)19-12-14-6-5-7-15(17)11-14/h5-7,11,18H,2-4,8-10,12-13H2,1H3. The second kappa shape index (κ2) is 7.41. The minimum absolute atomic E-state index is 0.0670. The van der Waals surface area contributed by atoms with Gasteiger partial charge in [0, 0.05) is 11.0 Å². The lowest BCUT2D eigenvalue weighted by Crippen LogP contribution is -2.41. The summed E-state index contributed by atoms with van der Waals surface area (Å²) >= 11 is 3.51. The molecule has 1 saturated carbocycles. The lowest BCUT2D eigenvalue weighted by molar-refractivity contribution is -0.0503. The molecular weight excluding hydrogens is 302 g/mol. The first kappa shape index (κ1) is 15.0. The molecule has 106 valence electrons. The lowest BCUT2D eigenvalue weighted by Gasteiger charge is -2.30. The van der Waals surface area contributed by atoms with E-state index in [0.29, 0.717) is 6.61 Å². The monoisotopic (exact) mass is 325 g/mol. The predicted octanol–water partition coefficient (Wildman–Crippen LogP) is 4.28. The van der Waals surface area contributed by atoms with Gasteiger partial charge in [-0.15, -0.1) is 0 Å². The van der Waals surface area contributed by atoms with Crippen LogP contribution < -0.4 is 5.32 Å². The summed E-state index contributed by atoms with van der Waals surface area (Å²) in [5.74, 6) is 0. The number of benzene rings is 1. The average Bonchev–Trinajstić information content (AvgIpc) is 2.86. The van der Waals surface area contributed by atoms with Crippen LogP contribution in [-0.4, -0.2) is 18.7 Å². The molecule has 1 aliphatic rings. The Morgan fingerprint density at radius 1 is 1.32 bits per heavy atom. The minimum Gasteiger partial charge on any atom is -0.369 e. The number of nitrogens with one attached hydrogen (secondary N) is 1. The van der Waals surface area contributed by atoms with Gasteiger partial charge in [-0.05, 0) is 43.5 Å². The summed E-state index contributed by atoms with van der Waals surface area (Å²) in [6.45, 7) is 5.00. The van der Waals surface area contributed by atoms with E-state index in [0.717, 1.165) is 17.6 Å². The SMILES string of the molecule is CCCNCC1(OCc2cccc(Br)c2)CCCC1. The van der Waals surface area contributed by atoms with Gasteiger partial charge in [0.1, 0.15) is 0 Å². The van der Waals surface area contributed by atoms with Crippen LogP contribution in [0.2, 0.25) is 0 Å². The van der Waals surface area contributed by atoms with Crippen LogP contribution in [0.15, 0.2) is 28.7 Å². The molecule has 1 fully saturated rings. The molecule has 0 amide bonds. The summed E-state index contributed by atoms with van der Waals surface area (Å²) in [5.41, 5.74) is 1.31. The largest absolute Gasteiger partial charge is 0.369 e. The van der Waals surface area contributed by atoms with Gasteiger partial charge in [-0.3, -0.25) is 0 Å². The Morgan fingerprint density at radius 2 is 2.11 bits per heavy atom. The fraction of sp³-hybridized carbons (Fsp3) is 0.625. The fourth-order valence-electron chi connectivity index (χ4n) is 2.75. The number of rotatable bonds is 7. The van der Waals surface area contributed by atoms with Crippen LogP contribution in [0.4, 0.5) is 0 Å². The highest BCUT2D eigenvalue weighted by Gasteiger charge is 2.34. The highest BCUT2D eigenvalue weighted by Crippen LogP contribution is 2.33. The highest BCUT2D eigenvalue weighted by atomic mass is 79.9. The van der Waals surface area contributed by atoms with Crippen molar-refractivity contribution in [3.63, 3.8) is 0 Å². The van der Waals surface area contributed by atoms with Crippen molar-refractivity contribution < 1.29 is 4.74 Å². The molecule has 1 aromatic carbocycles. The molecule has 0 unspecified atom stereocenters. The Bertz CT molecular complexity index is 388. The van der Waals surface area contributed by atoms with Crippen molar-refractivity contribution >= 4 is 15.9 Å². The molecule has 19 heavy (non-hydrogen) atoms. The van der Waals surface area contributed by atoms with Crippen LogP contribution in [0.1, 0.15) is 44.6 Å². The van der Waals surface area contributed by atoms with Gasteiger partial charge >= 0.3 is 0 Å². The fourth-order valence-corrected chi connectivity index (χ4v) is 3.19. The maximum atomic E-state index is 6.29. The molecule has 2 rings (SSSR count). The van der Waals surface area contributed by atoms with Gasteiger partial charge in [-0.1, -0.05) is 47.8 Å². The van der Waals surface area contributed by atoms with Crippen molar-refractivity contribution in [2.75, 3.05) is 13.1 Å².